The first-order chi connectivity index (χ1) is 11.1. The summed E-state index contributed by atoms with van der Waals surface area (Å²) in [4.78, 5) is 19.0. The standard InChI is InChI=1S/C17H20N2O2S2/c1-12-3-5-14(6-4-12)15-11-22-17(18-15)23-13(2)16(20)19-7-9-21-10-8-19/h3-6,11,13H,7-10H2,1-2H3. The molecule has 0 bridgehead atoms. The number of ether oxygens (including phenoxy) is 1. The first-order valence-corrected chi connectivity index (χ1v) is 9.45. The number of aryl methyl sites for hydroxylation is 1. The van der Waals surface area contributed by atoms with E-state index in [2.05, 4.69) is 41.6 Å². The summed E-state index contributed by atoms with van der Waals surface area (Å²) in [6, 6.07) is 8.35. The van der Waals surface area contributed by atoms with Crippen molar-refractivity contribution < 1.29 is 9.53 Å². The molecule has 1 amide bonds. The number of aromatic nitrogens is 1. The van der Waals surface area contributed by atoms with Gasteiger partial charge in [0.1, 0.15) is 0 Å². The number of carbonyl (C=O) groups excluding carboxylic acids is 1. The third kappa shape index (κ3) is 4.13. The molecular weight excluding hydrogens is 328 g/mol. The van der Waals surface area contributed by atoms with Crippen LogP contribution in [0.15, 0.2) is 34.0 Å². The minimum absolute atomic E-state index is 0.120. The largest absolute Gasteiger partial charge is 0.378 e. The lowest BCUT2D eigenvalue weighted by Gasteiger charge is -2.28. The van der Waals surface area contributed by atoms with Crippen molar-refractivity contribution in [3.8, 4) is 11.3 Å². The average molecular weight is 348 g/mol. The summed E-state index contributed by atoms with van der Waals surface area (Å²) < 4.78 is 6.24. The van der Waals surface area contributed by atoms with E-state index in [9.17, 15) is 4.79 Å². The van der Waals surface area contributed by atoms with Gasteiger partial charge in [-0.3, -0.25) is 4.79 Å². The van der Waals surface area contributed by atoms with Crippen LogP contribution in [0, 0.1) is 6.92 Å². The second-order valence-electron chi connectivity index (χ2n) is 5.56. The molecule has 6 heteroatoms. The van der Waals surface area contributed by atoms with Gasteiger partial charge in [-0.25, -0.2) is 4.98 Å². The lowest BCUT2D eigenvalue weighted by atomic mass is 10.1. The number of hydrogen-bond acceptors (Lipinski definition) is 5. The van der Waals surface area contributed by atoms with Crippen LogP contribution >= 0.6 is 23.1 Å². The number of morpholine rings is 1. The van der Waals surface area contributed by atoms with Crippen molar-refractivity contribution in [3.63, 3.8) is 0 Å². The lowest BCUT2D eigenvalue weighted by Crippen LogP contribution is -2.44. The molecule has 0 aliphatic carbocycles. The maximum atomic E-state index is 12.4. The van der Waals surface area contributed by atoms with Gasteiger partial charge in [0.05, 0.1) is 24.2 Å². The van der Waals surface area contributed by atoms with Gasteiger partial charge in [-0.1, -0.05) is 41.6 Å². The van der Waals surface area contributed by atoms with Gasteiger partial charge in [0.25, 0.3) is 0 Å². The van der Waals surface area contributed by atoms with E-state index < -0.39 is 0 Å². The van der Waals surface area contributed by atoms with Gasteiger partial charge in [0, 0.05) is 24.0 Å². The molecule has 1 saturated heterocycles. The van der Waals surface area contributed by atoms with Gasteiger partial charge < -0.3 is 9.64 Å². The molecule has 122 valence electrons. The molecule has 2 heterocycles. The molecule has 3 rings (SSSR count). The highest BCUT2D eigenvalue weighted by molar-refractivity contribution is 8.02. The second kappa shape index (κ2) is 7.47. The van der Waals surface area contributed by atoms with Crippen molar-refractivity contribution in [2.45, 2.75) is 23.4 Å². The fraction of sp³-hybridized carbons (Fsp3) is 0.412. The normalized spacial score (nSPS) is 16.3. The molecule has 1 aromatic heterocycles. The molecule has 0 saturated carbocycles. The molecule has 1 fully saturated rings. The molecular formula is C17H20N2O2S2. The Bertz CT molecular complexity index is 663. The van der Waals surface area contributed by atoms with Crippen LogP contribution < -0.4 is 0 Å². The van der Waals surface area contributed by atoms with Crippen molar-refractivity contribution in [2.24, 2.45) is 0 Å². The molecule has 4 nitrogen and oxygen atoms in total. The Morgan fingerprint density at radius 2 is 2.00 bits per heavy atom. The second-order valence-corrected chi connectivity index (χ2v) is 8.01. The Balaban J connectivity index is 1.64. The predicted octanol–water partition coefficient (Wildman–Crippen LogP) is 3.46. The minimum Gasteiger partial charge on any atom is -0.378 e. The first kappa shape index (κ1) is 16.5. The Morgan fingerprint density at radius 1 is 1.30 bits per heavy atom. The highest BCUT2D eigenvalue weighted by Crippen LogP contribution is 2.31. The van der Waals surface area contributed by atoms with E-state index in [1.807, 2.05) is 11.8 Å². The molecule has 1 unspecified atom stereocenters. The highest BCUT2D eigenvalue weighted by Gasteiger charge is 2.24. The summed E-state index contributed by atoms with van der Waals surface area (Å²) in [5.74, 6) is 0.172. The van der Waals surface area contributed by atoms with Crippen LogP contribution in [0.2, 0.25) is 0 Å². The van der Waals surface area contributed by atoms with Crippen molar-refractivity contribution in [2.75, 3.05) is 26.3 Å². The smallest absolute Gasteiger partial charge is 0.236 e. The van der Waals surface area contributed by atoms with Gasteiger partial charge >= 0.3 is 0 Å². The van der Waals surface area contributed by atoms with E-state index in [4.69, 9.17) is 4.74 Å². The third-order valence-electron chi connectivity index (χ3n) is 3.78. The van der Waals surface area contributed by atoms with Crippen molar-refractivity contribution in [3.05, 3.63) is 35.2 Å². The fourth-order valence-corrected chi connectivity index (χ4v) is 4.47. The van der Waals surface area contributed by atoms with Gasteiger partial charge in [-0.2, -0.15) is 0 Å². The highest BCUT2D eigenvalue weighted by atomic mass is 32.2. The zero-order valence-corrected chi connectivity index (χ0v) is 15.0. The van der Waals surface area contributed by atoms with Crippen molar-refractivity contribution in [1.82, 2.24) is 9.88 Å². The van der Waals surface area contributed by atoms with Crippen LogP contribution in [0.25, 0.3) is 11.3 Å². The molecule has 1 atom stereocenters. The van der Waals surface area contributed by atoms with Gasteiger partial charge in [-0.05, 0) is 13.8 Å². The number of hydrogen-bond donors (Lipinski definition) is 0. The van der Waals surface area contributed by atoms with E-state index >= 15 is 0 Å². The molecule has 0 N–H and O–H groups in total. The van der Waals surface area contributed by atoms with Crippen molar-refractivity contribution in [1.29, 1.82) is 0 Å². The molecule has 23 heavy (non-hydrogen) atoms. The zero-order chi connectivity index (χ0) is 16.2. The SMILES string of the molecule is Cc1ccc(-c2csc(SC(C)C(=O)N3CCOCC3)n2)cc1. The van der Waals surface area contributed by atoms with Crippen LogP contribution in [0.3, 0.4) is 0 Å². The van der Waals surface area contributed by atoms with Crippen LogP contribution in [-0.2, 0) is 9.53 Å². The van der Waals surface area contributed by atoms with E-state index in [0.29, 0.717) is 26.3 Å². The number of amides is 1. The summed E-state index contributed by atoms with van der Waals surface area (Å²) in [7, 11) is 0. The van der Waals surface area contributed by atoms with Crippen LogP contribution in [0.4, 0.5) is 0 Å². The Hall–Kier alpha value is -1.37. The number of carbonyl (C=O) groups is 1. The minimum atomic E-state index is -0.120. The van der Waals surface area contributed by atoms with Crippen LogP contribution in [0.1, 0.15) is 12.5 Å². The van der Waals surface area contributed by atoms with E-state index in [1.54, 1.807) is 11.3 Å². The fourth-order valence-electron chi connectivity index (χ4n) is 2.41. The Morgan fingerprint density at radius 3 is 2.70 bits per heavy atom. The molecule has 0 spiro atoms. The monoisotopic (exact) mass is 348 g/mol. The quantitative estimate of drug-likeness (QED) is 0.794. The van der Waals surface area contributed by atoms with Crippen LogP contribution in [0.5, 0.6) is 0 Å². The molecule has 0 radical (unpaired) electrons. The maximum Gasteiger partial charge on any atom is 0.236 e. The number of thiazole rings is 1. The van der Waals surface area contributed by atoms with Gasteiger partial charge in [0.15, 0.2) is 4.34 Å². The third-order valence-corrected chi connectivity index (χ3v) is 5.84. The maximum absolute atomic E-state index is 12.4. The predicted molar refractivity (Wildman–Crippen MR) is 95.0 cm³/mol. The summed E-state index contributed by atoms with van der Waals surface area (Å²) in [5.41, 5.74) is 3.33. The molecule has 2 aromatic rings. The number of nitrogens with zero attached hydrogens (tertiary/aromatic N) is 2. The molecule has 1 aromatic carbocycles. The topological polar surface area (TPSA) is 42.4 Å². The molecule has 1 aliphatic heterocycles. The summed E-state index contributed by atoms with van der Waals surface area (Å²) in [5, 5.41) is 1.93. The summed E-state index contributed by atoms with van der Waals surface area (Å²) in [6.45, 7) is 6.68. The van der Waals surface area contributed by atoms with Gasteiger partial charge in [-0.15, -0.1) is 11.3 Å². The van der Waals surface area contributed by atoms with Crippen LogP contribution in [-0.4, -0.2) is 47.3 Å². The van der Waals surface area contributed by atoms with Gasteiger partial charge in [0.2, 0.25) is 5.91 Å². The Labute approximate surface area is 144 Å². The summed E-state index contributed by atoms with van der Waals surface area (Å²) >= 11 is 3.14. The number of rotatable bonds is 4. The Kier molecular flexibility index (Phi) is 5.35. The van der Waals surface area contributed by atoms with Crippen molar-refractivity contribution >= 4 is 29.0 Å². The van der Waals surface area contributed by atoms with E-state index in [0.717, 1.165) is 15.6 Å². The summed E-state index contributed by atoms with van der Waals surface area (Å²) in [6.07, 6.45) is 0. The zero-order valence-electron chi connectivity index (χ0n) is 13.3. The van der Waals surface area contributed by atoms with E-state index in [1.165, 1.54) is 17.3 Å². The molecule has 1 aliphatic rings. The number of thioether (sulfide) groups is 1. The average Bonchev–Trinajstić information content (AvgIpc) is 3.04. The first-order valence-electron chi connectivity index (χ1n) is 7.69. The van der Waals surface area contributed by atoms with E-state index in [-0.39, 0.29) is 11.2 Å². The number of benzene rings is 1. The lowest BCUT2D eigenvalue weighted by molar-refractivity contribution is -0.134.